The minimum absolute atomic E-state index is 0.144. The molecule has 2 rings (SSSR count). The van der Waals surface area contributed by atoms with E-state index in [-0.39, 0.29) is 5.41 Å². The third-order valence-corrected chi connectivity index (χ3v) is 2.91. The van der Waals surface area contributed by atoms with E-state index in [0.29, 0.717) is 0 Å². The summed E-state index contributed by atoms with van der Waals surface area (Å²) in [4.78, 5) is 10.9. The quantitative estimate of drug-likeness (QED) is 0.654. The predicted molar refractivity (Wildman–Crippen MR) is 68.0 cm³/mol. The second kappa shape index (κ2) is 3.75. The molecule has 0 saturated heterocycles. The van der Waals surface area contributed by atoms with E-state index < -0.39 is 0 Å². The largest absolute Gasteiger partial charge is 0.298 e. The van der Waals surface area contributed by atoms with Gasteiger partial charge in [0.05, 0.1) is 0 Å². The van der Waals surface area contributed by atoms with Crippen molar-refractivity contribution < 1.29 is 4.79 Å². The lowest BCUT2D eigenvalue weighted by Crippen LogP contribution is -2.10. The molecule has 2 aromatic rings. The van der Waals surface area contributed by atoms with Gasteiger partial charge in [-0.15, -0.1) is 0 Å². The van der Waals surface area contributed by atoms with Crippen molar-refractivity contribution in [3.05, 3.63) is 47.5 Å². The SMILES string of the molecule is CC(C)(C)c1ccc2c(C=O)cccc2c1. The minimum atomic E-state index is 0.144. The van der Waals surface area contributed by atoms with E-state index in [0.717, 1.165) is 22.6 Å². The van der Waals surface area contributed by atoms with Crippen molar-refractivity contribution in [1.29, 1.82) is 0 Å². The number of hydrogen-bond donors (Lipinski definition) is 0. The van der Waals surface area contributed by atoms with Crippen molar-refractivity contribution in [2.24, 2.45) is 0 Å². The van der Waals surface area contributed by atoms with E-state index in [1.54, 1.807) is 0 Å². The molecular formula is C15H16O. The van der Waals surface area contributed by atoms with Gasteiger partial charge in [0.2, 0.25) is 0 Å². The van der Waals surface area contributed by atoms with Gasteiger partial charge < -0.3 is 0 Å². The van der Waals surface area contributed by atoms with E-state index in [9.17, 15) is 4.79 Å². The Kier molecular flexibility index (Phi) is 2.55. The monoisotopic (exact) mass is 212 g/mol. The molecule has 0 aliphatic heterocycles. The Hall–Kier alpha value is -1.63. The van der Waals surface area contributed by atoms with Crippen molar-refractivity contribution in [1.82, 2.24) is 0 Å². The fourth-order valence-electron chi connectivity index (χ4n) is 1.88. The highest BCUT2D eigenvalue weighted by Crippen LogP contribution is 2.27. The zero-order valence-electron chi connectivity index (χ0n) is 9.95. The van der Waals surface area contributed by atoms with Gasteiger partial charge in [-0.05, 0) is 21.8 Å². The van der Waals surface area contributed by atoms with Crippen LogP contribution < -0.4 is 0 Å². The molecule has 0 unspecified atom stereocenters. The maximum absolute atomic E-state index is 10.9. The van der Waals surface area contributed by atoms with Gasteiger partial charge >= 0.3 is 0 Å². The summed E-state index contributed by atoms with van der Waals surface area (Å²) in [5.74, 6) is 0. The average Bonchev–Trinajstić information content (AvgIpc) is 2.26. The summed E-state index contributed by atoms with van der Waals surface area (Å²) < 4.78 is 0. The summed E-state index contributed by atoms with van der Waals surface area (Å²) >= 11 is 0. The van der Waals surface area contributed by atoms with Crippen LogP contribution in [0.15, 0.2) is 36.4 Å². The highest BCUT2D eigenvalue weighted by molar-refractivity contribution is 5.98. The molecule has 0 fully saturated rings. The molecule has 82 valence electrons. The number of aldehydes is 1. The molecule has 0 atom stereocenters. The summed E-state index contributed by atoms with van der Waals surface area (Å²) in [6.07, 6.45) is 0.916. The first-order valence-electron chi connectivity index (χ1n) is 5.51. The standard InChI is InChI=1S/C15H16O/c1-15(2,3)13-7-8-14-11(9-13)5-4-6-12(14)10-16/h4-10H,1-3H3. The van der Waals surface area contributed by atoms with E-state index in [1.807, 2.05) is 18.2 Å². The second-order valence-corrected chi connectivity index (χ2v) is 5.15. The molecule has 2 aromatic carbocycles. The molecule has 16 heavy (non-hydrogen) atoms. The maximum Gasteiger partial charge on any atom is 0.150 e. The lowest BCUT2D eigenvalue weighted by Gasteiger charge is -2.19. The number of fused-ring (bicyclic) bond motifs is 1. The van der Waals surface area contributed by atoms with Crippen molar-refractivity contribution in [2.45, 2.75) is 26.2 Å². The van der Waals surface area contributed by atoms with Gasteiger partial charge in [-0.2, -0.15) is 0 Å². The Balaban J connectivity index is 2.69. The fourth-order valence-corrected chi connectivity index (χ4v) is 1.88. The first kappa shape index (κ1) is 10.9. The fraction of sp³-hybridized carbons (Fsp3) is 0.267. The van der Waals surface area contributed by atoms with Gasteiger partial charge in [0.25, 0.3) is 0 Å². The van der Waals surface area contributed by atoms with Crippen LogP contribution in [-0.4, -0.2) is 6.29 Å². The van der Waals surface area contributed by atoms with Crippen LogP contribution in [0.5, 0.6) is 0 Å². The van der Waals surface area contributed by atoms with Crippen LogP contribution in [0, 0.1) is 0 Å². The third-order valence-electron chi connectivity index (χ3n) is 2.91. The number of carbonyl (C=O) groups excluding carboxylic acids is 1. The van der Waals surface area contributed by atoms with Crippen LogP contribution in [-0.2, 0) is 5.41 Å². The normalized spacial score (nSPS) is 11.7. The number of rotatable bonds is 1. The lowest BCUT2D eigenvalue weighted by molar-refractivity contribution is 0.112. The first-order chi connectivity index (χ1) is 7.52. The Morgan fingerprint density at radius 3 is 2.44 bits per heavy atom. The van der Waals surface area contributed by atoms with Gasteiger partial charge in [-0.1, -0.05) is 57.2 Å². The number of benzene rings is 2. The summed E-state index contributed by atoms with van der Waals surface area (Å²) in [5.41, 5.74) is 2.20. The summed E-state index contributed by atoms with van der Waals surface area (Å²) in [6.45, 7) is 6.58. The predicted octanol–water partition coefficient (Wildman–Crippen LogP) is 3.95. The van der Waals surface area contributed by atoms with Crippen LogP contribution in [0.2, 0.25) is 0 Å². The van der Waals surface area contributed by atoms with Crippen LogP contribution >= 0.6 is 0 Å². The molecule has 0 N–H and O–H groups in total. The van der Waals surface area contributed by atoms with Gasteiger partial charge in [-0.25, -0.2) is 0 Å². The molecule has 0 aliphatic rings. The number of hydrogen-bond acceptors (Lipinski definition) is 1. The molecule has 0 spiro atoms. The van der Waals surface area contributed by atoms with Gasteiger partial charge in [-0.3, -0.25) is 4.79 Å². The Bertz CT molecular complexity index is 533. The van der Waals surface area contributed by atoms with Crippen molar-refractivity contribution in [3.8, 4) is 0 Å². The molecule has 0 saturated carbocycles. The molecule has 1 nitrogen and oxygen atoms in total. The van der Waals surface area contributed by atoms with Crippen molar-refractivity contribution in [2.75, 3.05) is 0 Å². The highest BCUT2D eigenvalue weighted by Gasteiger charge is 2.13. The van der Waals surface area contributed by atoms with Crippen LogP contribution in [0.1, 0.15) is 36.7 Å². The molecule has 0 aromatic heterocycles. The smallest absolute Gasteiger partial charge is 0.150 e. The first-order valence-corrected chi connectivity index (χ1v) is 5.51. The molecule has 0 aliphatic carbocycles. The third kappa shape index (κ3) is 1.85. The van der Waals surface area contributed by atoms with Gasteiger partial charge in [0.1, 0.15) is 0 Å². The number of carbonyl (C=O) groups is 1. The molecule has 0 amide bonds. The molecule has 0 heterocycles. The van der Waals surface area contributed by atoms with E-state index in [2.05, 4.69) is 39.0 Å². The summed E-state index contributed by atoms with van der Waals surface area (Å²) in [6, 6.07) is 12.2. The van der Waals surface area contributed by atoms with Crippen molar-refractivity contribution in [3.63, 3.8) is 0 Å². The highest BCUT2D eigenvalue weighted by atomic mass is 16.1. The van der Waals surface area contributed by atoms with Crippen LogP contribution in [0.3, 0.4) is 0 Å². The van der Waals surface area contributed by atoms with Crippen molar-refractivity contribution >= 4 is 17.1 Å². The second-order valence-electron chi connectivity index (χ2n) is 5.15. The minimum Gasteiger partial charge on any atom is -0.298 e. The van der Waals surface area contributed by atoms with Gasteiger partial charge in [0, 0.05) is 5.56 Å². The maximum atomic E-state index is 10.9. The summed E-state index contributed by atoms with van der Waals surface area (Å²) in [7, 11) is 0. The molecular weight excluding hydrogens is 196 g/mol. The van der Waals surface area contributed by atoms with E-state index in [1.165, 1.54) is 5.56 Å². The van der Waals surface area contributed by atoms with Crippen LogP contribution in [0.25, 0.3) is 10.8 Å². The Morgan fingerprint density at radius 2 is 1.81 bits per heavy atom. The van der Waals surface area contributed by atoms with E-state index >= 15 is 0 Å². The molecule has 1 heteroatoms. The lowest BCUT2D eigenvalue weighted by atomic mass is 9.85. The van der Waals surface area contributed by atoms with Gasteiger partial charge in [0.15, 0.2) is 6.29 Å². The zero-order valence-corrected chi connectivity index (χ0v) is 9.95. The van der Waals surface area contributed by atoms with Crippen LogP contribution in [0.4, 0.5) is 0 Å². The summed E-state index contributed by atoms with van der Waals surface area (Å²) in [5, 5.41) is 2.17. The topological polar surface area (TPSA) is 17.1 Å². The molecule has 0 radical (unpaired) electrons. The Morgan fingerprint density at radius 1 is 1.06 bits per heavy atom. The zero-order chi connectivity index (χ0) is 11.8. The Labute approximate surface area is 96.1 Å². The van der Waals surface area contributed by atoms with E-state index in [4.69, 9.17) is 0 Å². The molecule has 0 bridgehead atoms. The average molecular weight is 212 g/mol.